The summed E-state index contributed by atoms with van der Waals surface area (Å²) in [7, 11) is 0. The lowest BCUT2D eigenvalue weighted by molar-refractivity contribution is 0.0832. The van der Waals surface area contributed by atoms with Gasteiger partial charge in [-0.15, -0.1) is 0 Å². The van der Waals surface area contributed by atoms with Gasteiger partial charge in [-0.05, 0) is 43.9 Å². The first-order chi connectivity index (χ1) is 6.99. The maximum Gasteiger partial charge on any atom is 0.0223 e. The molecule has 1 saturated carbocycles. The van der Waals surface area contributed by atoms with Crippen molar-refractivity contribution in [1.82, 2.24) is 5.32 Å². The van der Waals surface area contributed by atoms with Crippen molar-refractivity contribution in [2.24, 2.45) is 16.6 Å². The molecule has 1 aliphatic rings. The van der Waals surface area contributed by atoms with Crippen LogP contribution in [0.4, 0.5) is 0 Å². The molecule has 0 heterocycles. The van der Waals surface area contributed by atoms with Crippen molar-refractivity contribution in [2.75, 3.05) is 6.54 Å². The second kappa shape index (κ2) is 4.30. The zero-order valence-corrected chi connectivity index (χ0v) is 12.0. The Kier molecular flexibility index (Phi) is 3.76. The fourth-order valence-electron chi connectivity index (χ4n) is 3.40. The van der Waals surface area contributed by atoms with E-state index in [1.807, 2.05) is 0 Å². The summed E-state index contributed by atoms with van der Waals surface area (Å²) in [5.41, 5.74) is 6.83. The fourth-order valence-corrected chi connectivity index (χ4v) is 3.40. The molecule has 0 bridgehead atoms. The summed E-state index contributed by atoms with van der Waals surface area (Å²) in [5, 5.41) is 3.65. The van der Waals surface area contributed by atoms with Crippen LogP contribution in [-0.2, 0) is 0 Å². The second-order valence-corrected chi connectivity index (χ2v) is 7.98. The lowest BCUT2D eigenvalue weighted by Gasteiger charge is -2.45. The van der Waals surface area contributed by atoms with E-state index in [1.54, 1.807) is 0 Å². The average molecular weight is 226 g/mol. The molecule has 0 aromatic rings. The Morgan fingerprint density at radius 2 is 1.56 bits per heavy atom. The summed E-state index contributed by atoms with van der Waals surface area (Å²) >= 11 is 0. The molecule has 0 aromatic heterocycles. The molecule has 0 aromatic carbocycles. The van der Waals surface area contributed by atoms with Crippen LogP contribution in [-0.4, -0.2) is 18.1 Å². The molecule has 0 saturated heterocycles. The molecule has 3 N–H and O–H groups in total. The lowest BCUT2D eigenvalue weighted by Crippen LogP contribution is -2.50. The van der Waals surface area contributed by atoms with Crippen molar-refractivity contribution >= 4 is 0 Å². The molecule has 16 heavy (non-hydrogen) atoms. The van der Waals surface area contributed by atoms with Gasteiger partial charge >= 0.3 is 0 Å². The van der Waals surface area contributed by atoms with Crippen LogP contribution < -0.4 is 11.1 Å². The van der Waals surface area contributed by atoms with Crippen LogP contribution in [0.2, 0.25) is 0 Å². The maximum absolute atomic E-state index is 6.03. The van der Waals surface area contributed by atoms with Crippen molar-refractivity contribution in [3.8, 4) is 0 Å². The molecular weight excluding hydrogens is 196 g/mol. The predicted molar refractivity (Wildman–Crippen MR) is 71.5 cm³/mol. The summed E-state index contributed by atoms with van der Waals surface area (Å²) in [6.07, 6.45) is 3.86. The Hall–Kier alpha value is -0.0800. The van der Waals surface area contributed by atoms with Gasteiger partial charge in [0.15, 0.2) is 0 Å². The van der Waals surface area contributed by atoms with Crippen LogP contribution in [0.3, 0.4) is 0 Å². The molecule has 96 valence electrons. The van der Waals surface area contributed by atoms with E-state index in [2.05, 4.69) is 46.9 Å². The molecule has 0 aliphatic heterocycles. The summed E-state index contributed by atoms with van der Waals surface area (Å²) in [4.78, 5) is 0. The van der Waals surface area contributed by atoms with E-state index in [0.29, 0.717) is 16.9 Å². The molecule has 1 rings (SSSR count). The zero-order valence-electron chi connectivity index (χ0n) is 12.0. The monoisotopic (exact) mass is 226 g/mol. The second-order valence-electron chi connectivity index (χ2n) is 7.98. The van der Waals surface area contributed by atoms with Gasteiger partial charge in [-0.1, -0.05) is 27.7 Å². The van der Waals surface area contributed by atoms with Crippen LogP contribution in [0.15, 0.2) is 0 Å². The Morgan fingerprint density at radius 1 is 1.12 bits per heavy atom. The molecule has 1 fully saturated rings. The fraction of sp³-hybridized carbons (Fsp3) is 1.00. The molecule has 2 heteroatoms. The van der Waals surface area contributed by atoms with E-state index in [-0.39, 0.29) is 5.54 Å². The molecule has 0 spiro atoms. The lowest BCUT2D eigenvalue weighted by atomic mass is 9.63. The van der Waals surface area contributed by atoms with E-state index in [1.165, 1.54) is 19.3 Å². The van der Waals surface area contributed by atoms with Crippen LogP contribution in [0.1, 0.15) is 60.8 Å². The summed E-state index contributed by atoms with van der Waals surface area (Å²) in [6.45, 7) is 14.6. The molecule has 0 atom stereocenters. The number of hydrogen-bond acceptors (Lipinski definition) is 2. The van der Waals surface area contributed by atoms with Gasteiger partial charge in [-0.25, -0.2) is 0 Å². The number of rotatable bonds is 3. The Balaban J connectivity index is 2.55. The van der Waals surface area contributed by atoms with Gasteiger partial charge in [0.1, 0.15) is 0 Å². The van der Waals surface area contributed by atoms with E-state index in [0.717, 1.165) is 6.54 Å². The van der Waals surface area contributed by atoms with Crippen molar-refractivity contribution in [1.29, 1.82) is 0 Å². The number of hydrogen-bond donors (Lipinski definition) is 2. The highest BCUT2D eigenvalue weighted by Crippen LogP contribution is 2.45. The Labute approximate surface area is 101 Å². The van der Waals surface area contributed by atoms with E-state index in [9.17, 15) is 0 Å². The highest BCUT2D eigenvalue weighted by atomic mass is 15.0. The third-order valence-electron chi connectivity index (χ3n) is 3.40. The molecule has 2 nitrogen and oxygen atoms in total. The predicted octanol–water partition coefficient (Wildman–Crippen LogP) is 2.92. The van der Waals surface area contributed by atoms with Gasteiger partial charge in [-0.3, -0.25) is 0 Å². The largest absolute Gasteiger partial charge is 0.324 e. The number of nitrogens with one attached hydrogen (secondary N) is 1. The Bertz CT molecular complexity index is 220. The topological polar surface area (TPSA) is 38.0 Å². The summed E-state index contributed by atoms with van der Waals surface area (Å²) in [6, 6.07) is 0.626. The van der Waals surface area contributed by atoms with Gasteiger partial charge < -0.3 is 11.1 Å². The maximum atomic E-state index is 6.03. The minimum atomic E-state index is -0.105. The minimum Gasteiger partial charge on any atom is -0.324 e. The van der Waals surface area contributed by atoms with E-state index in [4.69, 9.17) is 5.73 Å². The van der Waals surface area contributed by atoms with Crippen LogP contribution in [0.25, 0.3) is 0 Å². The number of nitrogens with two attached hydrogens (primary N) is 1. The molecule has 1 aliphatic carbocycles. The Morgan fingerprint density at radius 3 is 1.94 bits per heavy atom. The first kappa shape index (κ1) is 14.0. The van der Waals surface area contributed by atoms with Gasteiger partial charge in [0.2, 0.25) is 0 Å². The quantitative estimate of drug-likeness (QED) is 0.776. The highest BCUT2D eigenvalue weighted by molar-refractivity contribution is 4.93. The third kappa shape index (κ3) is 4.84. The van der Waals surface area contributed by atoms with Crippen molar-refractivity contribution in [2.45, 2.75) is 72.4 Å². The molecular formula is C14H30N2. The summed E-state index contributed by atoms with van der Waals surface area (Å²) in [5.74, 6) is 0. The SMILES string of the molecule is CC(C)(N)CNC1CC(C)(C)CC(C)(C)C1. The molecule has 0 amide bonds. The normalized spacial score (nSPS) is 25.7. The van der Waals surface area contributed by atoms with Gasteiger partial charge in [0, 0.05) is 18.1 Å². The van der Waals surface area contributed by atoms with Gasteiger partial charge in [0.25, 0.3) is 0 Å². The highest BCUT2D eigenvalue weighted by Gasteiger charge is 2.38. The average Bonchev–Trinajstić information content (AvgIpc) is 1.93. The zero-order chi connectivity index (χ0) is 12.6. The van der Waals surface area contributed by atoms with Crippen LogP contribution >= 0.6 is 0 Å². The smallest absolute Gasteiger partial charge is 0.0223 e. The first-order valence-corrected chi connectivity index (χ1v) is 6.52. The van der Waals surface area contributed by atoms with Crippen LogP contribution in [0.5, 0.6) is 0 Å². The summed E-state index contributed by atoms with van der Waals surface area (Å²) < 4.78 is 0. The van der Waals surface area contributed by atoms with E-state index < -0.39 is 0 Å². The van der Waals surface area contributed by atoms with E-state index >= 15 is 0 Å². The van der Waals surface area contributed by atoms with Crippen molar-refractivity contribution in [3.63, 3.8) is 0 Å². The van der Waals surface area contributed by atoms with Gasteiger partial charge in [-0.2, -0.15) is 0 Å². The first-order valence-electron chi connectivity index (χ1n) is 6.52. The molecule has 0 radical (unpaired) electrons. The minimum absolute atomic E-state index is 0.105. The van der Waals surface area contributed by atoms with Gasteiger partial charge in [0.05, 0.1) is 0 Å². The van der Waals surface area contributed by atoms with Crippen LogP contribution in [0, 0.1) is 10.8 Å². The van der Waals surface area contributed by atoms with Crippen molar-refractivity contribution < 1.29 is 0 Å². The standard InChI is InChI=1S/C14H30N2/c1-12(2)7-11(8-13(3,4)9-12)16-10-14(5,6)15/h11,16H,7-10,15H2,1-6H3. The van der Waals surface area contributed by atoms with Crippen molar-refractivity contribution in [3.05, 3.63) is 0 Å². The molecule has 0 unspecified atom stereocenters. The third-order valence-corrected chi connectivity index (χ3v) is 3.40.